The van der Waals surface area contributed by atoms with Crippen LogP contribution < -0.4 is 0 Å². The van der Waals surface area contributed by atoms with Crippen molar-refractivity contribution in [2.75, 3.05) is 0 Å². The van der Waals surface area contributed by atoms with Gasteiger partial charge < -0.3 is 5.11 Å². The standard InChI is InChI=1S/C10H10N2O2S/c13-9(14)6-5-12-7-3-1-2-4-8(7)15-10(12)11-6/h5H,1-4H2,(H,13,14). The molecule has 0 bridgehead atoms. The van der Waals surface area contributed by atoms with E-state index >= 15 is 0 Å². The summed E-state index contributed by atoms with van der Waals surface area (Å²) >= 11 is 1.63. The van der Waals surface area contributed by atoms with Crippen molar-refractivity contribution in [1.29, 1.82) is 0 Å². The summed E-state index contributed by atoms with van der Waals surface area (Å²) in [7, 11) is 0. The highest BCUT2D eigenvalue weighted by Gasteiger charge is 2.19. The number of thiazole rings is 1. The van der Waals surface area contributed by atoms with Crippen LogP contribution in [0.3, 0.4) is 0 Å². The molecule has 0 radical (unpaired) electrons. The number of aromatic nitrogens is 2. The van der Waals surface area contributed by atoms with Crippen molar-refractivity contribution in [1.82, 2.24) is 9.38 Å². The summed E-state index contributed by atoms with van der Waals surface area (Å²) < 4.78 is 1.95. The highest BCUT2D eigenvalue weighted by Crippen LogP contribution is 2.29. The van der Waals surface area contributed by atoms with Gasteiger partial charge in [-0.05, 0) is 25.7 Å². The highest BCUT2D eigenvalue weighted by atomic mass is 32.1. The van der Waals surface area contributed by atoms with Crippen molar-refractivity contribution in [3.8, 4) is 0 Å². The van der Waals surface area contributed by atoms with E-state index < -0.39 is 5.97 Å². The number of hydrogen-bond donors (Lipinski definition) is 1. The third-order valence-electron chi connectivity index (χ3n) is 2.79. The minimum absolute atomic E-state index is 0.148. The first-order valence-corrected chi connectivity index (χ1v) is 5.80. The van der Waals surface area contributed by atoms with Crippen LogP contribution in [0.15, 0.2) is 6.20 Å². The molecule has 0 amide bonds. The molecule has 0 unspecified atom stereocenters. The molecule has 1 aliphatic rings. The molecule has 0 saturated heterocycles. The SMILES string of the molecule is O=C(O)c1cn2c3c(sc2n1)CCCC3. The van der Waals surface area contributed by atoms with Crippen LogP contribution in [0, 0.1) is 0 Å². The molecule has 15 heavy (non-hydrogen) atoms. The van der Waals surface area contributed by atoms with Crippen LogP contribution >= 0.6 is 11.3 Å². The molecule has 0 fully saturated rings. The van der Waals surface area contributed by atoms with Gasteiger partial charge in [0.1, 0.15) is 0 Å². The molecule has 0 aromatic carbocycles. The van der Waals surface area contributed by atoms with E-state index in [1.807, 2.05) is 4.40 Å². The summed E-state index contributed by atoms with van der Waals surface area (Å²) in [5, 5.41) is 8.84. The first-order valence-electron chi connectivity index (χ1n) is 4.98. The maximum Gasteiger partial charge on any atom is 0.356 e. The minimum atomic E-state index is -0.949. The maximum absolute atomic E-state index is 10.8. The Morgan fingerprint density at radius 3 is 3.07 bits per heavy atom. The molecule has 0 atom stereocenters. The Kier molecular flexibility index (Phi) is 1.82. The molecule has 1 N–H and O–H groups in total. The Bertz CT molecular complexity index is 541. The van der Waals surface area contributed by atoms with Crippen LogP contribution in [-0.4, -0.2) is 20.5 Å². The third kappa shape index (κ3) is 1.26. The predicted molar refractivity (Wildman–Crippen MR) is 56.7 cm³/mol. The maximum atomic E-state index is 10.8. The number of aromatic carboxylic acids is 1. The monoisotopic (exact) mass is 222 g/mol. The third-order valence-corrected chi connectivity index (χ3v) is 3.94. The van der Waals surface area contributed by atoms with Crippen molar-refractivity contribution in [2.45, 2.75) is 25.7 Å². The first-order chi connectivity index (χ1) is 7.25. The Morgan fingerprint density at radius 1 is 1.47 bits per heavy atom. The number of carbonyl (C=O) groups is 1. The average Bonchev–Trinajstić information content (AvgIpc) is 2.73. The number of carboxylic acids is 1. The summed E-state index contributed by atoms with van der Waals surface area (Å²) in [6, 6.07) is 0. The molecule has 1 aliphatic carbocycles. The van der Waals surface area contributed by atoms with Crippen molar-refractivity contribution < 1.29 is 9.90 Å². The van der Waals surface area contributed by atoms with Gasteiger partial charge >= 0.3 is 5.97 Å². The summed E-state index contributed by atoms with van der Waals surface area (Å²) in [6.07, 6.45) is 6.23. The van der Waals surface area contributed by atoms with E-state index in [0.717, 1.165) is 17.8 Å². The van der Waals surface area contributed by atoms with Gasteiger partial charge in [-0.15, -0.1) is 11.3 Å². The van der Waals surface area contributed by atoms with Gasteiger partial charge in [0.2, 0.25) is 0 Å². The summed E-state index contributed by atoms with van der Waals surface area (Å²) in [6.45, 7) is 0. The van der Waals surface area contributed by atoms with Crippen LogP contribution in [-0.2, 0) is 12.8 Å². The molecular weight excluding hydrogens is 212 g/mol. The number of imidazole rings is 1. The second-order valence-corrected chi connectivity index (χ2v) is 4.82. The van der Waals surface area contributed by atoms with Crippen molar-refractivity contribution in [3.05, 3.63) is 22.5 Å². The first kappa shape index (κ1) is 8.91. The van der Waals surface area contributed by atoms with Gasteiger partial charge in [-0.3, -0.25) is 4.40 Å². The number of fused-ring (bicyclic) bond motifs is 3. The molecule has 2 aromatic heterocycles. The fourth-order valence-electron chi connectivity index (χ4n) is 2.07. The lowest BCUT2D eigenvalue weighted by Gasteiger charge is -2.09. The van der Waals surface area contributed by atoms with Gasteiger partial charge in [0, 0.05) is 16.8 Å². The molecule has 5 heteroatoms. The van der Waals surface area contributed by atoms with Gasteiger partial charge in [0.05, 0.1) is 0 Å². The summed E-state index contributed by atoms with van der Waals surface area (Å²) in [4.78, 5) is 17.1. The zero-order valence-corrected chi connectivity index (χ0v) is 8.88. The molecule has 4 nitrogen and oxygen atoms in total. The van der Waals surface area contributed by atoms with Gasteiger partial charge in [0.15, 0.2) is 10.7 Å². The summed E-state index contributed by atoms with van der Waals surface area (Å²) in [5.41, 5.74) is 1.41. The molecule has 0 spiro atoms. The van der Waals surface area contributed by atoms with Crippen LogP contribution in [0.2, 0.25) is 0 Å². The molecule has 3 rings (SSSR count). The second kappa shape index (κ2) is 3.06. The van der Waals surface area contributed by atoms with Crippen LogP contribution in [0.1, 0.15) is 33.9 Å². The van der Waals surface area contributed by atoms with E-state index in [-0.39, 0.29) is 5.69 Å². The lowest BCUT2D eigenvalue weighted by Crippen LogP contribution is -2.02. The van der Waals surface area contributed by atoms with E-state index in [9.17, 15) is 4.79 Å². The quantitative estimate of drug-likeness (QED) is 0.802. The van der Waals surface area contributed by atoms with Gasteiger partial charge in [-0.25, -0.2) is 9.78 Å². The van der Waals surface area contributed by atoms with Crippen LogP contribution in [0.25, 0.3) is 4.96 Å². The zero-order valence-electron chi connectivity index (χ0n) is 8.06. The Hall–Kier alpha value is -1.36. The zero-order chi connectivity index (χ0) is 10.4. The second-order valence-electron chi connectivity index (χ2n) is 3.76. The highest BCUT2D eigenvalue weighted by molar-refractivity contribution is 7.17. The van der Waals surface area contributed by atoms with Gasteiger partial charge in [-0.2, -0.15) is 0 Å². The summed E-state index contributed by atoms with van der Waals surface area (Å²) in [5.74, 6) is -0.949. The molecule has 78 valence electrons. The van der Waals surface area contributed by atoms with Crippen LogP contribution in [0.5, 0.6) is 0 Å². The van der Waals surface area contributed by atoms with Crippen molar-refractivity contribution in [2.24, 2.45) is 0 Å². The topological polar surface area (TPSA) is 54.6 Å². The lowest BCUT2D eigenvalue weighted by molar-refractivity contribution is 0.0691. The molecule has 0 aliphatic heterocycles. The van der Waals surface area contributed by atoms with Gasteiger partial charge in [-0.1, -0.05) is 0 Å². The predicted octanol–water partition coefficient (Wildman–Crippen LogP) is 1.97. The fourth-order valence-corrected chi connectivity index (χ4v) is 3.26. The largest absolute Gasteiger partial charge is 0.476 e. The molecule has 2 heterocycles. The Labute approximate surface area is 90.2 Å². The lowest BCUT2D eigenvalue weighted by atomic mass is 10.0. The Morgan fingerprint density at radius 2 is 2.27 bits per heavy atom. The van der Waals surface area contributed by atoms with E-state index in [4.69, 9.17) is 5.11 Å². The Balaban J connectivity index is 2.21. The van der Waals surface area contributed by atoms with Gasteiger partial charge in [0.25, 0.3) is 0 Å². The van der Waals surface area contributed by atoms with E-state index in [1.54, 1.807) is 17.5 Å². The number of rotatable bonds is 1. The minimum Gasteiger partial charge on any atom is -0.476 e. The average molecular weight is 222 g/mol. The van der Waals surface area contributed by atoms with E-state index in [0.29, 0.717) is 0 Å². The van der Waals surface area contributed by atoms with Crippen molar-refractivity contribution in [3.63, 3.8) is 0 Å². The number of carboxylic acid groups (broad SMARTS) is 1. The smallest absolute Gasteiger partial charge is 0.356 e. The molecule has 0 saturated carbocycles. The van der Waals surface area contributed by atoms with E-state index in [1.165, 1.54) is 23.4 Å². The number of nitrogens with zero attached hydrogens (tertiary/aromatic N) is 2. The normalized spacial score (nSPS) is 15.5. The van der Waals surface area contributed by atoms with E-state index in [2.05, 4.69) is 4.98 Å². The molecule has 2 aromatic rings. The molecular formula is C10H10N2O2S. The number of hydrogen-bond acceptors (Lipinski definition) is 3. The van der Waals surface area contributed by atoms with Crippen LogP contribution in [0.4, 0.5) is 0 Å². The number of aryl methyl sites for hydroxylation is 2. The van der Waals surface area contributed by atoms with Crippen molar-refractivity contribution >= 4 is 22.3 Å². The fraction of sp³-hybridized carbons (Fsp3) is 0.400.